The van der Waals surface area contributed by atoms with Gasteiger partial charge in [0.1, 0.15) is 18.2 Å². The fourth-order valence-corrected chi connectivity index (χ4v) is 2.24. The Morgan fingerprint density at radius 2 is 1.95 bits per heavy atom. The van der Waals surface area contributed by atoms with E-state index in [0.29, 0.717) is 17.4 Å². The van der Waals surface area contributed by atoms with Crippen LogP contribution >= 0.6 is 11.6 Å². The highest BCUT2D eigenvalue weighted by Gasteiger charge is 2.07. The maximum Gasteiger partial charge on any atom is 0.123 e. The Hall–Kier alpha value is -1.74. The summed E-state index contributed by atoms with van der Waals surface area (Å²) < 4.78 is 19.0. The predicted octanol–water partition coefficient (Wildman–Crippen LogP) is 4.66. The van der Waals surface area contributed by atoms with E-state index in [1.54, 1.807) is 6.07 Å². The molecule has 2 aromatic carbocycles. The number of hydrogen-bond donors (Lipinski definition) is 1. The van der Waals surface area contributed by atoms with Crippen LogP contribution in [0.5, 0.6) is 5.75 Å². The number of ether oxygens (including phenoxy) is 1. The van der Waals surface area contributed by atoms with E-state index in [2.05, 4.69) is 5.32 Å². The summed E-state index contributed by atoms with van der Waals surface area (Å²) >= 11 is 6.00. The minimum absolute atomic E-state index is 0.243. The van der Waals surface area contributed by atoms with Gasteiger partial charge in [-0.3, -0.25) is 0 Å². The van der Waals surface area contributed by atoms with Crippen LogP contribution in [0.2, 0.25) is 5.02 Å². The zero-order valence-electron chi connectivity index (χ0n) is 11.5. The molecule has 2 aromatic rings. The fourth-order valence-electron chi connectivity index (χ4n) is 2.05. The topological polar surface area (TPSA) is 21.3 Å². The second-order valence-corrected chi connectivity index (χ2v) is 4.88. The van der Waals surface area contributed by atoms with Crippen molar-refractivity contribution < 1.29 is 9.13 Å². The van der Waals surface area contributed by atoms with Crippen LogP contribution in [0, 0.1) is 5.82 Å². The summed E-state index contributed by atoms with van der Waals surface area (Å²) in [5.74, 6) is 0.462. The minimum atomic E-state index is -0.243. The number of benzene rings is 2. The molecule has 2 nitrogen and oxygen atoms in total. The highest BCUT2D eigenvalue weighted by molar-refractivity contribution is 6.30. The van der Waals surface area contributed by atoms with Gasteiger partial charge in [-0.2, -0.15) is 0 Å². The van der Waals surface area contributed by atoms with Crippen molar-refractivity contribution in [2.24, 2.45) is 0 Å². The standard InChI is InChI=1S/C16H17ClFNO/c1-3-11-9-14(18)5-7-16(11)20-10-12-8-13(17)4-6-15(12)19-2/h4-9,19H,3,10H2,1-2H3. The molecular formula is C16H17ClFNO. The van der Waals surface area contributed by atoms with Gasteiger partial charge in [0.15, 0.2) is 0 Å². The SMILES string of the molecule is CCc1cc(F)ccc1OCc1cc(Cl)ccc1NC. The van der Waals surface area contributed by atoms with Crippen molar-refractivity contribution >= 4 is 17.3 Å². The molecule has 0 aliphatic rings. The van der Waals surface area contributed by atoms with Gasteiger partial charge in [-0.15, -0.1) is 0 Å². The molecule has 0 aliphatic carbocycles. The van der Waals surface area contributed by atoms with Crippen molar-refractivity contribution in [1.29, 1.82) is 0 Å². The van der Waals surface area contributed by atoms with Crippen LogP contribution in [-0.4, -0.2) is 7.05 Å². The average Bonchev–Trinajstić information content (AvgIpc) is 2.46. The number of nitrogens with one attached hydrogen (secondary N) is 1. The first-order chi connectivity index (χ1) is 9.63. The Bertz CT molecular complexity index is 601. The summed E-state index contributed by atoms with van der Waals surface area (Å²) in [6.45, 7) is 2.36. The van der Waals surface area contributed by atoms with Gasteiger partial charge in [0, 0.05) is 23.3 Å². The Labute approximate surface area is 123 Å². The van der Waals surface area contributed by atoms with Gasteiger partial charge in [0.05, 0.1) is 0 Å². The molecule has 0 unspecified atom stereocenters. The molecule has 0 aromatic heterocycles. The fraction of sp³-hybridized carbons (Fsp3) is 0.250. The summed E-state index contributed by atoms with van der Waals surface area (Å²) in [4.78, 5) is 0. The van der Waals surface area contributed by atoms with Crippen molar-refractivity contribution in [3.63, 3.8) is 0 Å². The quantitative estimate of drug-likeness (QED) is 0.865. The maximum absolute atomic E-state index is 13.2. The van der Waals surface area contributed by atoms with Crippen molar-refractivity contribution in [2.45, 2.75) is 20.0 Å². The molecule has 0 radical (unpaired) electrons. The van der Waals surface area contributed by atoms with Gasteiger partial charge in [-0.1, -0.05) is 18.5 Å². The van der Waals surface area contributed by atoms with Crippen LogP contribution < -0.4 is 10.1 Å². The maximum atomic E-state index is 13.2. The first-order valence-electron chi connectivity index (χ1n) is 6.51. The molecular weight excluding hydrogens is 277 g/mol. The zero-order chi connectivity index (χ0) is 14.5. The second kappa shape index (κ2) is 6.62. The van der Waals surface area contributed by atoms with Gasteiger partial charge < -0.3 is 10.1 Å². The molecule has 0 fully saturated rings. The third-order valence-electron chi connectivity index (χ3n) is 3.12. The second-order valence-electron chi connectivity index (χ2n) is 4.45. The van der Waals surface area contributed by atoms with E-state index in [1.165, 1.54) is 12.1 Å². The van der Waals surface area contributed by atoms with Crippen molar-refractivity contribution in [1.82, 2.24) is 0 Å². The van der Waals surface area contributed by atoms with E-state index in [9.17, 15) is 4.39 Å². The monoisotopic (exact) mass is 293 g/mol. The smallest absolute Gasteiger partial charge is 0.123 e. The molecule has 0 saturated carbocycles. The average molecular weight is 294 g/mol. The van der Waals surface area contributed by atoms with Crippen LogP contribution in [-0.2, 0) is 13.0 Å². The van der Waals surface area contributed by atoms with E-state index in [0.717, 1.165) is 23.2 Å². The highest BCUT2D eigenvalue weighted by Crippen LogP contribution is 2.25. The predicted molar refractivity (Wildman–Crippen MR) is 81.1 cm³/mol. The molecule has 0 aliphatic heterocycles. The number of anilines is 1. The van der Waals surface area contributed by atoms with E-state index in [4.69, 9.17) is 16.3 Å². The number of halogens is 2. The third kappa shape index (κ3) is 3.42. The lowest BCUT2D eigenvalue weighted by atomic mass is 10.1. The molecule has 106 valence electrons. The van der Waals surface area contributed by atoms with Gasteiger partial charge in [-0.25, -0.2) is 4.39 Å². The first-order valence-corrected chi connectivity index (χ1v) is 6.89. The zero-order valence-corrected chi connectivity index (χ0v) is 12.3. The lowest BCUT2D eigenvalue weighted by Gasteiger charge is -2.13. The van der Waals surface area contributed by atoms with Gasteiger partial charge in [0.2, 0.25) is 0 Å². The molecule has 0 spiro atoms. The Morgan fingerprint density at radius 1 is 1.15 bits per heavy atom. The number of aryl methyl sites for hydroxylation is 1. The van der Waals surface area contributed by atoms with Crippen LogP contribution in [0.3, 0.4) is 0 Å². The summed E-state index contributed by atoms with van der Waals surface area (Å²) in [5.41, 5.74) is 2.79. The molecule has 0 atom stereocenters. The van der Waals surface area contributed by atoms with E-state index in [-0.39, 0.29) is 5.82 Å². The largest absolute Gasteiger partial charge is 0.489 e. The molecule has 1 N–H and O–H groups in total. The Morgan fingerprint density at radius 3 is 2.65 bits per heavy atom. The van der Waals surface area contributed by atoms with E-state index >= 15 is 0 Å². The molecule has 0 bridgehead atoms. The van der Waals surface area contributed by atoms with Gasteiger partial charge in [0.25, 0.3) is 0 Å². The van der Waals surface area contributed by atoms with Crippen molar-refractivity contribution in [3.05, 3.63) is 58.4 Å². The van der Waals surface area contributed by atoms with Crippen LogP contribution in [0.15, 0.2) is 36.4 Å². The van der Waals surface area contributed by atoms with E-state index in [1.807, 2.05) is 32.2 Å². The minimum Gasteiger partial charge on any atom is -0.489 e. The number of hydrogen-bond acceptors (Lipinski definition) is 2. The molecule has 20 heavy (non-hydrogen) atoms. The molecule has 0 amide bonds. The van der Waals surface area contributed by atoms with Crippen LogP contribution in [0.1, 0.15) is 18.1 Å². The lowest BCUT2D eigenvalue weighted by molar-refractivity contribution is 0.303. The summed E-state index contributed by atoms with van der Waals surface area (Å²) in [6, 6.07) is 10.2. The summed E-state index contributed by atoms with van der Waals surface area (Å²) in [5, 5.41) is 3.76. The Kier molecular flexibility index (Phi) is 4.85. The molecule has 4 heteroatoms. The molecule has 0 heterocycles. The number of rotatable bonds is 5. The highest BCUT2D eigenvalue weighted by atomic mass is 35.5. The Balaban J connectivity index is 2.18. The normalized spacial score (nSPS) is 10.4. The van der Waals surface area contributed by atoms with Crippen molar-refractivity contribution in [2.75, 3.05) is 12.4 Å². The van der Waals surface area contributed by atoms with Crippen LogP contribution in [0.4, 0.5) is 10.1 Å². The van der Waals surface area contributed by atoms with Crippen LogP contribution in [0.25, 0.3) is 0 Å². The first kappa shape index (κ1) is 14.7. The third-order valence-corrected chi connectivity index (χ3v) is 3.36. The van der Waals surface area contributed by atoms with Gasteiger partial charge >= 0.3 is 0 Å². The molecule has 2 rings (SSSR count). The summed E-state index contributed by atoms with van der Waals surface area (Å²) in [7, 11) is 1.85. The van der Waals surface area contributed by atoms with E-state index < -0.39 is 0 Å². The van der Waals surface area contributed by atoms with Gasteiger partial charge in [-0.05, 0) is 48.4 Å². The lowest BCUT2D eigenvalue weighted by Crippen LogP contribution is -2.02. The summed E-state index contributed by atoms with van der Waals surface area (Å²) in [6.07, 6.45) is 0.724. The van der Waals surface area contributed by atoms with Crippen molar-refractivity contribution in [3.8, 4) is 5.75 Å². The molecule has 0 saturated heterocycles.